The van der Waals surface area contributed by atoms with E-state index in [1.165, 1.54) is 0 Å². The van der Waals surface area contributed by atoms with Crippen LogP contribution < -0.4 is 0 Å². The highest BCUT2D eigenvalue weighted by Crippen LogP contribution is 2.32. The van der Waals surface area contributed by atoms with Crippen molar-refractivity contribution in [2.24, 2.45) is 5.11 Å². The Balaban J connectivity index is 3.21. The van der Waals surface area contributed by atoms with E-state index in [1.807, 2.05) is 0 Å². The molecule has 1 unspecified atom stereocenters. The number of rotatable bonds is 3. The van der Waals surface area contributed by atoms with Gasteiger partial charge in [0.25, 0.3) is 0 Å². The summed E-state index contributed by atoms with van der Waals surface area (Å²) in [5.74, 6) is 0. The highest BCUT2D eigenvalue weighted by atomic mass is 35.5. The van der Waals surface area contributed by atoms with Crippen molar-refractivity contribution in [3.63, 3.8) is 0 Å². The van der Waals surface area contributed by atoms with Gasteiger partial charge < -0.3 is 5.11 Å². The van der Waals surface area contributed by atoms with E-state index in [-0.39, 0.29) is 6.61 Å². The van der Waals surface area contributed by atoms with E-state index in [1.54, 1.807) is 18.2 Å². The van der Waals surface area contributed by atoms with Gasteiger partial charge in [0, 0.05) is 20.5 Å². The van der Waals surface area contributed by atoms with Crippen LogP contribution >= 0.6 is 23.2 Å². The number of aliphatic hydroxyl groups is 1. The molecule has 0 spiro atoms. The molecule has 0 aliphatic heterocycles. The molecule has 0 bridgehead atoms. The highest BCUT2D eigenvalue weighted by Gasteiger charge is 2.15. The Morgan fingerprint density at radius 1 is 1.43 bits per heavy atom. The Morgan fingerprint density at radius 3 is 2.43 bits per heavy atom. The average Bonchev–Trinajstić information content (AvgIpc) is 2.16. The van der Waals surface area contributed by atoms with Gasteiger partial charge in [-0.1, -0.05) is 34.4 Å². The Hall–Kier alpha value is -0.930. The summed E-state index contributed by atoms with van der Waals surface area (Å²) in [6.45, 7) is -0.326. The fraction of sp³-hybridized carbons (Fsp3) is 0.250. The van der Waals surface area contributed by atoms with Crippen LogP contribution in [0.1, 0.15) is 11.6 Å². The van der Waals surface area contributed by atoms with E-state index < -0.39 is 6.04 Å². The van der Waals surface area contributed by atoms with E-state index in [0.29, 0.717) is 15.6 Å². The van der Waals surface area contributed by atoms with Crippen molar-refractivity contribution in [2.75, 3.05) is 6.61 Å². The zero-order valence-electron chi connectivity index (χ0n) is 7.06. The lowest BCUT2D eigenvalue weighted by Crippen LogP contribution is -2.01. The molecule has 0 saturated carbocycles. The third kappa shape index (κ3) is 2.30. The highest BCUT2D eigenvalue weighted by molar-refractivity contribution is 6.36. The first-order valence-corrected chi connectivity index (χ1v) is 4.55. The molecule has 0 radical (unpaired) electrons. The van der Waals surface area contributed by atoms with E-state index in [0.717, 1.165) is 0 Å². The number of hydrogen-bond acceptors (Lipinski definition) is 2. The molecule has 74 valence electrons. The van der Waals surface area contributed by atoms with Crippen molar-refractivity contribution in [3.8, 4) is 0 Å². The lowest BCUT2D eigenvalue weighted by Gasteiger charge is -2.11. The Morgan fingerprint density at radius 2 is 2.00 bits per heavy atom. The quantitative estimate of drug-likeness (QED) is 0.484. The molecule has 6 heteroatoms. The molecule has 0 aliphatic rings. The smallest absolute Gasteiger partial charge is 0.0885 e. The summed E-state index contributed by atoms with van der Waals surface area (Å²) in [6.07, 6.45) is 0. The second-order valence-electron chi connectivity index (χ2n) is 2.54. The number of nitrogens with zero attached hydrogens (tertiary/aromatic N) is 3. The Kier molecular flexibility index (Phi) is 4.04. The number of azide groups is 1. The van der Waals surface area contributed by atoms with Crippen LogP contribution in [0.5, 0.6) is 0 Å². The third-order valence-electron chi connectivity index (χ3n) is 1.70. The van der Waals surface area contributed by atoms with Crippen molar-refractivity contribution in [1.82, 2.24) is 0 Å². The van der Waals surface area contributed by atoms with Crippen LogP contribution in [0.25, 0.3) is 10.4 Å². The number of benzene rings is 1. The Bertz CT molecular complexity index is 357. The van der Waals surface area contributed by atoms with Gasteiger partial charge in [-0.2, -0.15) is 0 Å². The minimum absolute atomic E-state index is 0.326. The fourth-order valence-electron chi connectivity index (χ4n) is 1.08. The number of aliphatic hydroxyl groups excluding tert-OH is 1. The molecule has 0 fully saturated rings. The second-order valence-corrected chi connectivity index (χ2v) is 3.35. The molecule has 1 atom stereocenters. The lowest BCUT2D eigenvalue weighted by molar-refractivity contribution is 0.268. The monoisotopic (exact) mass is 231 g/mol. The van der Waals surface area contributed by atoms with Gasteiger partial charge in [0.2, 0.25) is 0 Å². The first-order chi connectivity index (χ1) is 6.70. The third-order valence-corrected chi connectivity index (χ3v) is 2.36. The normalized spacial score (nSPS) is 11.9. The van der Waals surface area contributed by atoms with Crippen molar-refractivity contribution >= 4 is 23.2 Å². The first-order valence-electron chi connectivity index (χ1n) is 3.79. The van der Waals surface area contributed by atoms with Crippen molar-refractivity contribution < 1.29 is 5.11 Å². The molecule has 0 aromatic heterocycles. The predicted octanol–water partition coefficient (Wildman–Crippen LogP) is 3.34. The first kappa shape index (κ1) is 11.1. The van der Waals surface area contributed by atoms with Crippen molar-refractivity contribution in [2.45, 2.75) is 6.04 Å². The van der Waals surface area contributed by atoms with Crippen molar-refractivity contribution in [1.29, 1.82) is 0 Å². The zero-order valence-corrected chi connectivity index (χ0v) is 8.57. The summed E-state index contributed by atoms with van der Waals surface area (Å²) in [5, 5.41) is 13.1. The summed E-state index contributed by atoms with van der Waals surface area (Å²) >= 11 is 11.7. The number of hydrogen-bond donors (Lipinski definition) is 1. The molecule has 1 rings (SSSR count). The van der Waals surface area contributed by atoms with Crippen LogP contribution in [0.3, 0.4) is 0 Å². The molecule has 0 amide bonds. The Labute approximate surface area is 90.7 Å². The standard InChI is InChI=1S/C8H7Cl2N3O/c9-5-2-1-3-6(10)8(5)7(4-14)12-13-11/h1-3,7,14H,4H2. The summed E-state index contributed by atoms with van der Waals surface area (Å²) < 4.78 is 0. The SMILES string of the molecule is [N-]=[N+]=NC(CO)c1c(Cl)cccc1Cl. The van der Waals surface area contributed by atoms with Crippen LogP contribution in [0.2, 0.25) is 10.0 Å². The van der Waals surface area contributed by atoms with Gasteiger partial charge >= 0.3 is 0 Å². The molecular weight excluding hydrogens is 225 g/mol. The molecule has 14 heavy (non-hydrogen) atoms. The molecule has 0 heterocycles. The van der Waals surface area contributed by atoms with Gasteiger partial charge in [-0.15, -0.1) is 0 Å². The summed E-state index contributed by atoms with van der Waals surface area (Å²) in [6, 6.07) is 4.19. The maximum atomic E-state index is 8.98. The molecule has 0 aliphatic carbocycles. The van der Waals surface area contributed by atoms with Crippen LogP contribution in [0.4, 0.5) is 0 Å². The minimum Gasteiger partial charge on any atom is -0.396 e. The van der Waals surface area contributed by atoms with E-state index in [2.05, 4.69) is 10.0 Å². The van der Waals surface area contributed by atoms with Crippen LogP contribution in [0, 0.1) is 0 Å². The maximum Gasteiger partial charge on any atom is 0.0885 e. The molecular formula is C8H7Cl2N3O. The topological polar surface area (TPSA) is 69.0 Å². The average molecular weight is 232 g/mol. The summed E-state index contributed by atoms with van der Waals surface area (Å²) in [5.41, 5.74) is 8.73. The van der Waals surface area contributed by atoms with Crippen LogP contribution in [-0.2, 0) is 0 Å². The van der Waals surface area contributed by atoms with Gasteiger partial charge in [0.1, 0.15) is 0 Å². The van der Waals surface area contributed by atoms with Gasteiger partial charge in [-0.05, 0) is 17.7 Å². The fourth-order valence-corrected chi connectivity index (χ4v) is 1.73. The molecule has 1 N–H and O–H groups in total. The lowest BCUT2D eigenvalue weighted by atomic mass is 10.1. The maximum absolute atomic E-state index is 8.98. The van der Waals surface area contributed by atoms with E-state index in [4.69, 9.17) is 33.8 Å². The van der Waals surface area contributed by atoms with Crippen LogP contribution in [0.15, 0.2) is 23.3 Å². The largest absolute Gasteiger partial charge is 0.396 e. The van der Waals surface area contributed by atoms with Gasteiger partial charge in [0.15, 0.2) is 0 Å². The molecule has 0 saturated heterocycles. The van der Waals surface area contributed by atoms with Gasteiger partial charge in [-0.3, -0.25) is 0 Å². The van der Waals surface area contributed by atoms with E-state index >= 15 is 0 Å². The number of halogens is 2. The predicted molar refractivity (Wildman–Crippen MR) is 55.4 cm³/mol. The summed E-state index contributed by atoms with van der Waals surface area (Å²) in [4.78, 5) is 2.61. The summed E-state index contributed by atoms with van der Waals surface area (Å²) in [7, 11) is 0. The molecule has 1 aromatic rings. The second kappa shape index (κ2) is 5.08. The molecule has 4 nitrogen and oxygen atoms in total. The van der Waals surface area contributed by atoms with Gasteiger partial charge in [-0.25, -0.2) is 0 Å². The van der Waals surface area contributed by atoms with Crippen LogP contribution in [-0.4, -0.2) is 11.7 Å². The van der Waals surface area contributed by atoms with Gasteiger partial charge in [0.05, 0.1) is 12.6 Å². The zero-order chi connectivity index (χ0) is 10.6. The molecule has 1 aromatic carbocycles. The minimum atomic E-state index is -0.735. The van der Waals surface area contributed by atoms with E-state index in [9.17, 15) is 0 Å². The van der Waals surface area contributed by atoms with Crippen molar-refractivity contribution in [3.05, 3.63) is 44.3 Å².